The molecule has 1 aromatic rings. The molecule has 1 atom stereocenters. The average Bonchev–Trinajstić information content (AvgIpc) is 2.59. The van der Waals surface area contributed by atoms with Gasteiger partial charge in [-0.15, -0.1) is 0 Å². The smallest absolute Gasteiger partial charge is 0.295 e. The van der Waals surface area contributed by atoms with Crippen LogP contribution >= 0.6 is 0 Å². The second-order valence-electron chi connectivity index (χ2n) is 5.59. The quantitative estimate of drug-likeness (QED) is 0.615. The van der Waals surface area contributed by atoms with Crippen LogP contribution in [0.1, 0.15) is 36.5 Å². The number of likely N-dealkylation sites (tertiary alicyclic amines) is 1. The summed E-state index contributed by atoms with van der Waals surface area (Å²) in [5, 5.41) is 0. The molecule has 2 rings (SSSR count). The Morgan fingerprint density at radius 2 is 1.65 bits per heavy atom. The first-order valence-electron chi connectivity index (χ1n) is 7.68. The average molecular weight is 321 g/mol. The first-order valence-corrected chi connectivity index (χ1v) is 7.68. The van der Waals surface area contributed by atoms with E-state index in [9.17, 15) is 9.59 Å². The van der Waals surface area contributed by atoms with E-state index in [0.717, 1.165) is 19.3 Å². The summed E-state index contributed by atoms with van der Waals surface area (Å²) in [6.45, 7) is 2.59. The van der Waals surface area contributed by atoms with Gasteiger partial charge in [-0.2, -0.15) is 0 Å². The predicted octanol–water partition coefficient (Wildman–Crippen LogP) is 2.30. The molecule has 6 nitrogen and oxygen atoms in total. The Morgan fingerprint density at radius 1 is 1.04 bits per heavy atom. The summed E-state index contributed by atoms with van der Waals surface area (Å²) in [7, 11) is 4.43. The van der Waals surface area contributed by atoms with Gasteiger partial charge < -0.3 is 19.1 Å². The zero-order valence-corrected chi connectivity index (χ0v) is 14.0. The minimum Gasteiger partial charge on any atom is -0.493 e. The number of carbonyl (C=O) groups is 2. The predicted molar refractivity (Wildman–Crippen MR) is 85.5 cm³/mol. The van der Waals surface area contributed by atoms with Crippen LogP contribution in [0, 0.1) is 0 Å². The molecule has 1 aliphatic rings. The minimum atomic E-state index is -0.557. The highest BCUT2D eigenvalue weighted by atomic mass is 16.5. The molecule has 1 aliphatic heterocycles. The molecule has 126 valence electrons. The van der Waals surface area contributed by atoms with Crippen LogP contribution in [0.3, 0.4) is 0 Å². The molecule has 0 aliphatic carbocycles. The number of benzene rings is 1. The second kappa shape index (κ2) is 7.35. The highest BCUT2D eigenvalue weighted by Crippen LogP contribution is 2.38. The van der Waals surface area contributed by atoms with Crippen LogP contribution in [0.4, 0.5) is 0 Å². The molecule has 0 saturated carbocycles. The molecule has 1 heterocycles. The molecule has 6 heteroatoms. The molecule has 23 heavy (non-hydrogen) atoms. The summed E-state index contributed by atoms with van der Waals surface area (Å²) in [5.74, 6) is 0.0687. The molecular weight excluding hydrogens is 298 g/mol. The number of Topliss-reactive ketones (excluding diaryl/α,β-unsaturated/α-hetero) is 1. The van der Waals surface area contributed by atoms with Gasteiger partial charge in [-0.1, -0.05) is 0 Å². The third-order valence-electron chi connectivity index (χ3n) is 4.18. The molecule has 0 aromatic heterocycles. The zero-order chi connectivity index (χ0) is 17.0. The van der Waals surface area contributed by atoms with Gasteiger partial charge in [-0.3, -0.25) is 9.59 Å². The number of methoxy groups -OCH3 is 3. The van der Waals surface area contributed by atoms with Gasteiger partial charge in [0.15, 0.2) is 11.5 Å². The normalized spacial score (nSPS) is 17.6. The lowest BCUT2D eigenvalue weighted by Crippen LogP contribution is -2.45. The maximum atomic E-state index is 12.6. The van der Waals surface area contributed by atoms with Gasteiger partial charge in [0.2, 0.25) is 5.75 Å². The summed E-state index contributed by atoms with van der Waals surface area (Å²) >= 11 is 0. The Balaban J connectivity index is 2.33. The fraction of sp³-hybridized carbons (Fsp3) is 0.529. The highest BCUT2D eigenvalue weighted by molar-refractivity contribution is 6.42. The maximum absolute atomic E-state index is 12.6. The van der Waals surface area contributed by atoms with Gasteiger partial charge >= 0.3 is 0 Å². The Morgan fingerprint density at radius 3 is 2.13 bits per heavy atom. The molecule has 1 fully saturated rings. The monoisotopic (exact) mass is 321 g/mol. The minimum absolute atomic E-state index is 0.0854. The van der Waals surface area contributed by atoms with E-state index < -0.39 is 11.7 Å². The summed E-state index contributed by atoms with van der Waals surface area (Å²) in [4.78, 5) is 26.8. The molecule has 0 bridgehead atoms. The first-order chi connectivity index (χ1) is 11.0. The van der Waals surface area contributed by atoms with Gasteiger partial charge in [0.1, 0.15) is 0 Å². The van der Waals surface area contributed by atoms with Crippen LogP contribution in [0.5, 0.6) is 17.2 Å². The van der Waals surface area contributed by atoms with Crippen molar-refractivity contribution in [2.24, 2.45) is 0 Å². The van der Waals surface area contributed by atoms with E-state index in [4.69, 9.17) is 14.2 Å². The van der Waals surface area contributed by atoms with Crippen LogP contribution < -0.4 is 14.2 Å². The Bertz CT molecular complexity index is 574. The van der Waals surface area contributed by atoms with Crippen molar-refractivity contribution in [3.8, 4) is 17.2 Å². The van der Waals surface area contributed by atoms with E-state index in [2.05, 4.69) is 0 Å². The molecule has 0 spiro atoms. The number of amides is 1. The summed E-state index contributed by atoms with van der Waals surface area (Å²) in [6.07, 6.45) is 2.94. The van der Waals surface area contributed by atoms with E-state index in [0.29, 0.717) is 23.8 Å². The van der Waals surface area contributed by atoms with Crippen molar-refractivity contribution in [1.82, 2.24) is 4.90 Å². The zero-order valence-electron chi connectivity index (χ0n) is 14.0. The largest absolute Gasteiger partial charge is 0.493 e. The van der Waals surface area contributed by atoms with Crippen LogP contribution in [-0.2, 0) is 4.79 Å². The van der Waals surface area contributed by atoms with E-state index in [1.165, 1.54) is 33.5 Å². The number of hydrogen-bond acceptors (Lipinski definition) is 5. The lowest BCUT2D eigenvalue weighted by molar-refractivity contribution is -0.129. The van der Waals surface area contributed by atoms with Crippen molar-refractivity contribution < 1.29 is 23.8 Å². The lowest BCUT2D eigenvalue weighted by atomic mass is 10.0. The van der Waals surface area contributed by atoms with Gasteiger partial charge in [0, 0.05) is 18.2 Å². The Hall–Kier alpha value is -2.24. The van der Waals surface area contributed by atoms with Gasteiger partial charge in [0.25, 0.3) is 11.7 Å². The van der Waals surface area contributed by atoms with Crippen LogP contribution in [0.25, 0.3) is 0 Å². The Kier molecular flexibility index (Phi) is 5.47. The van der Waals surface area contributed by atoms with Crippen molar-refractivity contribution in [2.45, 2.75) is 32.2 Å². The lowest BCUT2D eigenvalue weighted by Gasteiger charge is -2.32. The summed E-state index contributed by atoms with van der Waals surface area (Å²) < 4.78 is 15.7. The topological polar surface area (TPSA) is 65.1 Å². The second-order valence-corrected chi connectivity index (χ2v) is 5.59. The van der Waals surface area contributed by atoms with Gasteiger partial charge in [0.05, 0.1) is 21.3 Å². The van der Waals surface area contributed by atoms with Crippen molar-refractivity contribution in [1.29, 1.82) is 0 Å². The molecule has 1 saturated heterocycles. The first kappa shape index (κ1) is 17.1. The fourth-order valence-corrected chi connectivity index (χ4v) is 2.87. The third-order valence-corrected chi connectivity index (χ3v) is 4.18. The molecule has 0 N–H and O–H groups in total. The third kappa shape index (κ3) is 3.41. The molecule has 1 aromatic carbocycles. The number of rotatable bonds is 5. The Labute approximate surface area is 136 Å². The maximum Gasteiger partial charge on any atom is 0.295 e. The number of hydrogen-bond donors (Lipinski definition) is 0. The van der Waals surface area contributed by atoms with Crippen molar-refractivity contribution in [2.75, 3.05) is 27.9 Å². The van der Waals surface area contributed by atoms with Crippen LogP contribution in [0.15, 0.2) is 12.1 Å². The van der Waals surface area contributed by atoms with E-state index >= 15 is 0 Å². The molecule has 0 unspecified atom stereocenters. The molecular formula is C17H23NO5. The van der Waals surface area contributed by atoms with Crippen molar-refractivity contribution in [3.05, 3.63) is 17.7 Å². The van der Waals surface area contributed by atoms with Crippen LogP contribution in [0.2, 0.25) is 0 Å². The van der Waals surface area contributed by atoms with Crippen molar-refractivity contribution >= 4 is 11.7 Å². The number of piperidine rings is 1. The highest BCUT2D eigenvalue weighted by Gasteiger charge is 2.30. The number of ether oxygens (including phenoxy) is 3. The fourth-order valence-electron chi connectivity index (χ4n) is 2.87. The van der Waals surface area contributed by atoms with Crippen LogP contribution in [-0.4, -0.2) is 50.5 Å². The number of carbonyl (C=O) groups excluding carboxylic acids is 2. The van der Waals surface area contributed by atoms with E-state index in [-0.39, 0.29) is 11.6 Å². The van der Waals surface area contributed by atoms with Gasteiger partial charge in [-0.25, -0.2) is 0 Å². The molecule has 1 amide bonds. The standard InChI is InChI=1S/C17H23NO5/c1-11-7-5-6-8-18(11)17(20)15(19)12-9-13(21-2)16(23-4)14(10-12)22-3/h9-11H,5-8H2,1-4H3/t11-/m1/s1. The van der Waals surface area contributed by atoms with Gasteiger partial charge in [-0.05, 0) is 38.3 Å². The van der Waals surface area contributed by atoms with Crippen molar-refractivity contribution in [3.63, 3.8) is 0 Å². The summed E-state index contributed by atoms with van der Waals surface area (Å²) in [5.41, 5.74) is 0.238. The summed E-state index contributed by atoms with van der Waals surface area (Å²) in [6, 6.07) is 3.11. The van der Waals surface area contributed by atoms with E-state index in [1.54, 1.807) is 4.90 Å². The number of nitrogens with zero attached hydrogens (tertiary/aromatic N) is 1. The number of ketones is 1. The molecule has 0 radical (unpaired) electrons. The van der Waals surface area contributed by atoms with E-state index in [1.807, 2.05) is 6.92 Å². The SMILES string of the molecule is COc1cc(C(=O)C(=O)N2CCCC[C@H]2C)cc(OC)c1OC.